The highest BCUT2D eigenvalue weighted by Gasteiger charge is 2.24. The van der Waals surface area contributed by atoms with Crippen LogP contribution in [0.15, 0.2) is 16.9 Å². The van der Waals surface area contributed by atoms with Crippen molar-refractivity contribution in [1.82, 2.24) is 9.88 Å². The van der Waals surface area contributed by atoms with Gasteiger partial charge in [-0.2, -0.15) is 0 Å². The molecule has 0 radical (unpaired) electrons. The summed E-state index contributed by atoms with van der Waals surface area (Å²) >= 11 is 0. The number of aromatic nitrogens is 1. The fourth-order valence-electron chi connectivity index (χ4n) is 2.21. The van der Waals surface area contributed by atoms with Gasteiger partial charge in [-0.3, -0.25) is 9.59 Å². The monoisotopic (exact) mass is 264 g/mol. The largest absolute Gasteiger partial charge is 0.496 e. The summed E-state index contributed by atoms with van der Waals surface area (Å²) in [5.74, 6) is 0.872. The van der Waals surface area contributed by atoms with E-state index in [-0.39, 0.29) is 17.4 Å². The van der Waals surface area contributed by atoms with E-state index >= 15 is 0 Å². The number of amides is 1. The number of carbonyl (C=O) groups is 1. The van der Waals surface area contributed by atoms with Crippen molar-refractivity contribution in [3.63, 3.8) is 0 Å². The van der Waals surface area contributed by atoms with Gasteiger partial charge in [0.1, 0.15) is 5.75 Å². The third-order valence-electron chi connectivity index (χ3n) is 3.65. The number of pyridine rings is 1. The highest BCUT2D eigenvalue weighted by Crippen LogP contribution is 2.25. The molecule has 5 heteroatoms. The first-order chi connectivity index (χ1) is 9.11. The summed E-state index contributed by atoms with van der Waals surface area (Å²) in [7, 11) is 1.54. The minimum absolute atomic E-state index is 0.102. The molecule has 0 aliphatic heterocycles. The molecule has 0 spiro atoms. The Morgan fingerprint density at radius 2 is 2.21 bits per heavy atom. The topological polar surface area (TPSA) is 60.3 Å². The van der Waals surface area contributed by atoms with Crippen LogP contribution in [-0.2, 0) is 11.3 Å². The minimum Gasteiger partial charge on any atom is -0.496 e. The maximum Gasteiger partial charge on any atom is 0.254 e. The third-order valence-corrected chi connectivity index (χ3v) is 3.65. The van der Waals surface area contributed by atoms with Gasteiger partial charge in [0.15, 0.2) is 0 Å². The molecule has 19 heavy (non-hydrogen) atoms. The molecule has 1 fully saturated rings. The first-order valence-electron chi connectivity index (χ1n) is 6.65. The minimum atomic E-state index is -0.102. The van der Waals surface area contributed by atoms with Crippen molar-refractivity contribution in [2.24, 2.45) is 5.92 Å². The lowest BCUT2D eigenvalue weighted by atomic mass is 9.85. The molecule has 0 atom stereocenters. The molecule has 1 amide bonds. The summed E-state index contributed by atoms with van der Waals surface area (Å²) in [6.45, 7) is 2.84. The van der Waals surface area contributed by atoms with Gasteiger partial charge in [0, 0.05) is 30.8 Å². The smallest absolute Gasteiger partial charge is 0.254 e. The molecular formula is C14H20N2O3. The predicted molar refractivity (Wildman–Crippen MR) is 72.3 cm³/mol. The van der Waals surface area contributed by atoms with E-state index < -0.39 is 0 Å². The Balaban J connectivity index is 1.92. The zero-order valence-electron chi connectivity index (χ0n) is 11.4. The summed E-state index contributed by atoms with van der Waals surface area (Å²) in [5.41, 5.74) is 0.733. The number of nitrogens with one attached hydrogen (secondary N) is 1. The summed E-state index contributed by atoms with van der Waals surface area (Å²) in [4.78, 5) is 23.5. The van der Waals surface area contributed by atoms with Crippen LogP contribution in [0.25, 0.3) is 0 Å². The van der Waals surface area contributed by atoms with E-state index in [2.05, 4.69) is 5.32 Å². The van der Waals surface area contributed by atoms with Crippen molar-refractivity contribution in [3.05, 3.63) is 28.2 Å². The Morgan fingerprint density at radius 3 is 2.74 bits per heavy atom. The van der Waals surface area contributed by atoms with Gasteiger partial charge in [-0.15, -0.1) is 0 Å². The van der Waals surface area contributed by atoms with E-state index in [9.17, 15) is 9.59 Å². The van der Waals surface area contributed by atoms with E-state index in [4.69, 9.17) is 4.74 Å². The second kappa shape index (κ2) is 5.91. The maximum absolute atomic E-state index is 11.9. The second-order valence-corrected chi connectivity index (χ2v) is 4.95. The fraction of sp³-hybridized carbons (Fsp3) is 0.571. The van der Waals surface area contributed by atoms with Gasteiger partial charge in [-0.1, -0.05) is 6.42 Å². The molecule has 1 aromatic heterocycles. The third kappa shape index (κ3) is 3.16. The first kappa shape index (κ1) is 13.6. The van der Waals surface area contributed by atoms with Gasteiger partial charge in [-0.05, 0) is 25.8 Å². The molecule has 1 aromatic rings. The van der Waals surface area contributed by atoms with E-state index in [0.29, 0.717) is 18.8 Å². The maximum atomic E-state index is 11.9. The van der Waals surface area contributed by atoms with Crippen LogP contribution in [-0.4, -0.2) is 24.1 Å². The average Bonchev–Trinajstić information content (AvgIpc) is 2.30. The molecule has 1 heterocycles. The van der Waals surface area contributed by atoms with Gasteiger partial charge in [0.2, 0.25) is 5.91 Å². The van der Waals surface area contributed by atoms with E-state index in [1.54, 1.807) is 4.57 Å². The number of rotatable bonds is 5. The Morgan fingerprint density at radius 1 is 1.47 bits per heavy atom. The van der Waals surface area contributed by atoms with Gasteiger partial charge in [0.05, 0.1) is 7.11 Å². The van der Waals surface area contributed by atoms with Gasteiger partial charge in [-0.25, -0.2) is 0 Å². The Bertz CT molecular complexity index is 518. The lowest BCUT2D eigenvalue weighted by Gasteiger charge is -2.24. The normalized spacial score (nSPS) is 14.8. The Kier molecular flexibility index (Phi) is 4.24. The zero-order valence-corrected chi connectivity index (χ0v) is 11.4. The SMILES string of the molecule is COc1cc(C)n(CCNC(=O)C2CCC2)c(=O)c1. The predicted octanol–water partition coefficient (Wildman–Crippen LogP) is 1.08. The number of aryl methyl sites for hydroxylation is 1. The molecule has 2 rings (SSSR count). The molecule has 1 aliphatic carbocycles. The average molecular weight is 264 g/mol. The zero-order chi connectivity index (χ0) is 13.8. The molecule has 104 valence electrons. The fourth-order valence-corrected chi connectivity index (χ4v) is 2.21. The highest BCUT2D eigenvalue weighted by atomic mass is 16.5. The van der Waals surface area contributed by atoms with E-state index in [0.717, 1.165) is 25.0 Å². The Hall–Kier alpha value is -1.78. The van der Waals surface area contributed by atoms with Crippen LogP contribution in [0.1, 0.15) is 25.0 Å². The van der Waals surface area contributed by atoms with Crippen LogP contribution >= 0.6 is 0 Å². The van der Waals surface area contributed by atoms with Gasteiger partial charge in [0.25, 0.3) is 5.56 Å². The molecule has 5 nitrogen and oxygen atoms in total. The van der Waals surface area contributed by atoms with Crippen molar-refractivity contribution >= 4 is 5.91 Å². The number of hydrogen-bond acceptors (Lipinski definition) is 3. The van der Waals surface area contributed by atoms with Crippen LogP contribution in [0, 0.1) is 12.8 Å². The lowest BCUT2D eigenvalue weighted by molar-refractivity contribution is -0.127. The summed E-state index contributed by atoms with van der Waals surface area (Å²) in [6, 6.07) is 3.27. The Labute approximate surface area is 112 Å². The quantitative estimate of drug-likeness (QED) is 0.865. The highest BCUT2D eigenvalue weighted by molar-refractivity contribution is 5.79. The van der Waals surface area contributed by atoms with Crippen molar-refractivity contribution in [1.29, 1.82) is 0 Å². The summed E-state index contributed by atoms with van der Waals surface area (Å²) in [5, 5.41) is 2.89. The second-order valence-electron chi connectivity index (χ2n) is 4.95. The standard InChI is InChI=1S/C14H20N2O3/c1-10-8-12(19-2)9-13(17)16(10)7-6-15-14(18)11-4-3-5-11/h8-9,11H,3-7H2,1-2H3,(H,15,18). The number of carbonyl (C=O) groups excluding carboxylic acids is 1. The number of nitrogens with zero attached hydrogens (tertiary/aromatic N) is 1. The van der Waals surface area contributed by atoms with Crippen molar-refractivity contribution in [3.8, 4) is 5.75 Å². The molecule has 1 N–H and O–H groups in total. The van der Waals surface area contributed by atoms with Crippen LogP contribution < -0.4 is 15.6 Å². The van der Waals surface area contributed by atoms with Crippen molar-refractivity contribution in [2.75, 3.05) is 13.7 Å². The molecule has 0 aromatic carbocycles. The van der Waals surface area contributed by atoms with Crippen molar-refractivity contribution in [2.45, 2.75) is 32.7 Å². The van der Waals surface area contributed by atoms with Gasteiger partial charge >= 0.3 is 0 Å². The molecular weight excluding hydrogens is 244 g/mol. The van der Waals surface area contributed by atoms with Crippen LogP contribution in [0.3, 0.4) is 0 Å². The number of ether oxygens (including phenoxy) is 1. The van der Waals surface area contributed by atoms with Crippen LogP contribution in [0.4, 0.5) is 0 Å². The molecule has 0 saturated heterocycles. The molecule has 0 bridgehead atoms. The molecule has 0 unspecified atom stereocenters. The number of methoxy groups -OCH3 is 1. The first-order valence-corrected chi connectivity index (χ1v) is 6.65. The van der Waals surface area contributed by atoms with E-state index in [1.165, 1.54) is 13.2 Å². The lowest BCUT2D eigenvalue weighted by Crippen LogP contribution is -2.37. The number of hydrogen-bond donors (Lipinski definition) is 1. The van der Waals surface area contributed by atoms with Crippen LogP contribution in [0.2, 0.25) is 0 Å². The molecule has 1 aliphatic rings. The summed E-state index contributed by atoms with van der Waals surface area (Å²) in [6.07, 6.45) is 3.13. The van der Waals surface area contributed by atoms with Crippen molar-refractivity contribution < 1.29 is 9.53 Å². The van der Waals surface area contributed by atoms with E-state index in [1.807, 2.05) is 13.0 Å². The van der Waals surface area contributed by atoms with Gasteiger partial charge < -0.3 is 14.6 Å². The summed E-state index contributed by atoms with van der Waals surface area (Å²) < 4.78 is 6.69. The molecule has 1 saturated carbocycles. The van der Waals surface area contributed by atoms with Crippen LogP contribution in [0.5, 0.6) is 5.75 Å².